The molecule has 0 spiro atoms. The number of carbonyl (C=O) groups is 1. The maximum Gasteiger partial charge on any atom is 0.251 e. The summed E-state index contributed by atoms with van der Waals surface area (Å²) in [6.07, 6.45) is 5.63. The molecule has 0 unspecified atom stereocenters. The first kappa shape index (κ1) is 11.8. The highest BCUT2D eigenvalue weighted by molar-refractivity contribution is 5.94. The molecule has 2 heterocycles. The lowest BCUT2D eigenvalue weighted by atomic mass is 10.0. The Balaban J connectivity index is 1.69. The van der Waals surface area contributed by atoms with E-state index in [1.807, 2.05) is 18.2 Å². The number of aryl methyl sites for hydroxylation is 1. The van der Waals surface area contributed by atoms with Crippen LogP contribution in [-0.2, 0) is 13.0 Å². The number of amides is 1. The van der Waals surface area contributed by atoms with Gasteiger partial charge in [-0.3, -0.25) is 9.89 Å². The second-order valence-corrected chi connectivity index (χ2v) is 4.69. The van der Waals surface area contributed by atoms with Crippen molar-refractivity contribution in [2.24, 2.45) is 0 Å². The Morgan fingerprint density at radius 1 is 1.42 bits per heavy atom. The van der Waals surface area contributed by atoms with Gasteiger partial charge in [-0.05, 0) is 36.6 Å². The topological polar surface area (TPSA) is 69.8 Å². The quantitative estimate of drug-likeness (QED) is 0.782. The van der Waals surface area contributed by atoms with Crippen LogP contribution in [0.3, 0.4) is 0 Å². The van der Waals surface area contributed by atoms with Crippen LogP contribution in [0.25, 0.3) is 0 Å². The number of nitrogens with one attached hydrogen (secondary N) is 3. The third-order valence-electron chi connectivity index (χ3n) is 3.31. The molecule has 0 saturated heterocycles. The SMILES string of the molecule is O=C(NCc1cn[nH]c1)c1ccc2c(c1)CCCN2. The van der Waals surface area contributed by atoms with Crippen molar-refractivity contribution in [1.82, 2.24) is 15.5 Å². The molecule has 0 atom stereocenters. The fourth-order valence-corrected chi connectivity index (χ4v) is 2.27. The van der Waals surface area contributed by atoms with Crippen molar-refractivity contribution in [2.75, 3.05) is 11.9 Å². The molecule has 19 heavy (non-hydrogen) atoms. The standard InChI is InChI=1S/C14H16N4O/c19-14(16-7-10-8-17-18-9-10)12-3-4-13-11(6-12)2-1-5-15-13/h3-4,6,8-9,15H,1-2,5,7H2,(H,16,19)(H,17,18). The lowest BCUT2D eigenvalue weighted by Gasteiger charge is -2.18. The largest absolute Gasteiger partial charge is 0.385 e. The molecule has 3 N–H and O–H groups in total. The molecule has 3 rings (SSSR count). The molecule has 1 aliphatic rings. The highest BCUT2D eigenvalue weighted by atomic mass is 16.1. The zero-order valence-electron chi connectivity index (χ0n) is 10.6. The minimum atomic E-state index is -0.0467. The van der Waals surface area contributed by atoms with Crippen molar-refractivity contribution >= 4 is 11.6 Å². The summed E-state index contributed by atoms with van der Waals surface area (Å²) in [5.41, 5.74) is 4.05. The molecule has 0 aliphatic carbocycles. The lowest BCUT2D eigenvalue weighted by molar-refractivity contribution is 0.0951. The van der Waals surface area contributed by atoms with Gasteiger partial charge in [-0.25, -0.2) is 0 Å². The summed E-state index contributed by atoms with van der Waals surface area (Å²) >= 11 is 0. The van der Waals surface area contributed by atoms with E-state index in [4.69, 9.17) is 0 Å². The van der Waals surface area contributed by atoms with Gasteiger partial charge in [-0.15, -0.1) is 0 Å². The first-order chi connectivity index (χ1) is 9.33. The number of rotatable bonds is 3. The molecule has 0 fully saturated rings. The first-order valence-electron chi connectivity index (χ1n) is 6.45. The molecule has 1 aromatic carbocycles. The molecule has 0 saturated carbocycles. The monoisotopic (exact) mass is 256 g/mol. The van der Waals surface area contributed by atoms with Crippen LogP contribution in [0.2, 0.25) is 0 Å². The second kappa shape index (κ2) is 5.14. The van der Waals surface area contributed by atoms with Crippen molar-refractivity contribution in [3.8, 4) is 0 Å². The molecule has 0 radical (unpaired) electrons. The van der Waals surface area contributed by atoms with E-state index in [0.717, 1.165) is 30.6 Å². The molecule has 98 valence electrons. The highest BCUT2D eigenvalue weighted by Crippen LogP contribution is 2.22. The van der Waals surface area contributed by atoms with Crippen molar-refractivity contribution in [3.63, 3.8) is 0 Å². The smallest absolute Gasteiger partial charge is 0.251 e. The van der Waals surface area contributed by atoms with Crippen molar-refractivity contribution in [3.05, 3.63) is 47.3 Å². The van der Waals surface area contributed by atoms with Crippen LogP contribution in [0.5, 0.6) is 0 Å². The summed E-state index contributed by atoms with van der Waals surface area (Å²) in [5, 5.41) is 12.8. The average Bonchev–Trinajstić information content (AvgIpc) is 2.97. The van der Waals surface area contributed by atoms with E-state index >= 15 is 0 Å². The number of aromatic nitrogens is 2. The molecule has 1 aromatic heterocycles. The average molecular weight is 256 g/mol. The maximum atomic E-state index is 12.1. The first-order valence-corrected chi connectivity index (χ1v) is 6.45. The third kappa shape index (κ3) is 2.59. The Labute approximate surface area is 111 Å². The Morgan fingerprint density at radius 3 is 3.21 bits per heavy atom. The molecule has 5 heteroatoms. The number of H-pyrrole nitrogens is 1. The number of anilines is 1. The summed E-state index contributed by atoms with van der Waals surface area (Å²) in [4.78, 5) is 12.1. The van der Waals surface area contributed by atoms with Crippen LogP contribution in [0.4, 0.5) is 5.69 Å². The molecule has 2 aromatic rings. The Hall–Kier alpha value is -2.30. The van der Waals surface area contributed by atoms with E-state index in [9.17, 15) is 4.79 Å². The van der Waals surface area contributed by atoms with E-state index in [1.54, 1.807) is 12.4 Å². The number of carbonyl (C=O) groups excluding carboxylic acids is 1. The normalized spacial score (nSPS) is 13.5. The van der Waals surface area contributed by atoms with Crippen molar-refractivity contribution < 1.29 is 4.79 Å². The molecular weight excluding hydrogens is 240 g/mol. The van der Waals surface area contributed by atoms with E-state index in [1.165, 1.54) is 5.56 Å². The van der Waals surface area contributed by atoms with Gasteiger partial charge in [-0.1, -0.05) is 0 Å². The van der Waals surface area contributed by atoms with Crippen LogP contribution >= 0.6 is 0 Å². The van der Waals surface area contributed by atoms with Crippen LogP contribution in [0.1, 0.15) is 27.9 Å². The Bertz CT molecular complexity index is 577. The van der Waals surface area contributed by atoms with Gasteiger partial charge in [-0.2, -0.15) is 5.10 Å². The molecular formula is C14H16N4O. The van der Waals surface area contributed by atoms with E-state index < -0.39 is 0 Å². The number of benzene rings is 1. The highest BCUT2D eigenvalue weighted by Gasteiger charge is 2.12. The predicted molar refractivity (Wildman–Crippen MR) is 73.0 cm³/mol. The summed E-state index contributed by atoms with van der Waals surface area (Å²) in [7, 11) is 0. The predicted octanol–water partition coefficient (Wildman–Crippen LogP) is 1.70. The number of fused-ring (bicyclic) bond motifs is 1. The Kier molecular flexibility index (Phi) is 3.18. The van der Waals surface area contributed by atoms with Gasteiger partial charge < -0.3 is 10.6 Å². The summed E-state index contributed by atoms with van der Waals surface area (Å²) < 4.78 is 0. The molecule has 5 nitrogen and oxygen atoms in total. The Morgan fingerprint density at radius 2 is 2.37 bits per heavy atom. The number of hydrogen-bond acceptors (Lipinski definition) is 3. The summed E-state index contributed by atoms with van der Waals surface area (Å²) in [5.74, 6) is -0.0467. The maximum absolute atomic E-state index is 12.1. The van der Waals surface area contributed by atoms with Gasteiger partial charge in [0.25, 0.3) is 5.91 Å². The van der Waals surface area contributed by atoms with E-state index in [0.29, 0.717) is 12.1 Å². The van der Waals surface area contributed by atoms with Crippen LogP contribution in [0, 0.1) is 0 Å². The number of nitrogens with zero attached hydrogens (tertiary/aromatic N) is 1. The lowest BCUT2D eigenvalue weighted by Crippen LogP contribution is -2.23. The van der Waals surface area contributed by atoms with Gasteiger partial charge >= 0.3 is 0 Å². The van der Waals surface area contributed by atoms with Crippen molar-refractivity contribution in [1.29, 1.82) is 0 Å². The van der Waals surface area contributed by atoms with Crippen LogP contribution in [-0.4, -0.2) is 22.6 Å². The summed E-state index contributed by atoms with van der Waals surface area (Å²) in [6.45, 7) is 1.50. The molecule has 1 aliphatic heterocycles. The van der Waals surface area contributed by atoms with Gasteiger partial charge in [0.1, 0.15) is 0 Å². The minimum absolute atomic E-state index is 0.0467. The van der Waals surface area contributed by atoms with Crippen LogP contribution in [0.15, 0.2) is 30.6 Å². The number of aromatic amines is 1. The molecule has 1 amide bonds. The van der Waals surface area contributed by atoms with E-state index in [2.05, 4.69) is 20.8 Å². The fraction of sp³-hybridized carbons (Fsp3) is 0.286. The third-order valence-corrected chi connectivity index (χ3v) is 3.31. The summed E-state index contributed by atoms with van der Waals surface area (Å²) in [6, 6.07) is 5.83. The van der Waals surface area contributed by atoms with Gasteiger partial charge in [0.05, 0.1) is 6.20 Å². The van der Waals surface area contributed by atoms with Gasteiger partial charge in [0.2, 0.25) is 0 Å². The molecule has 0 bridgehead atoms. The van der Waals surface area contributed by atoms with E-state index in [-0.39, 0.29) is 5.91 Å². The van der Waals surface area contributed by atoms with Gasteiger partial charge in [0, 0.05) is 36.1 Å². The minimum Gasteiger partial charge on any atom is -0.385 e. The zero-order valence-corrected chi connectivity index (χ0v) is 10.6. The van der Waals surface area contributed by atoms with Gasteiger partial charge in [0.15, 0.2) is 0 Å². The number of hydrogen-bond donors (Lipinski definition) is 3. The second-order valence-electron chi connectivity index (χ2n) is 4.69. The zero-order chi connectivity index (χ0) is 13.1. The fourth-order valence-electron chi connectivity index (χ4n) is 2.27. The van der Waals surface area contributed by atoms with Crippen molar-refractivity contribution in [2.45, 2.75) is 19.4 Å². The van der Waals surface area contributed by atoms with Crippen LogP contribution < -0.4 is 10.6 Å².